The van der Waals surface area contributed by atoms with Crippen molar-refractivity contribution in [2.75, 3.05) is 0 Å². The summed E-state index contributed by atoms with van der Waals surface area (Å²) in [4.78, 5) is 4.48. The first-order chi connectivity index (χ1) is 18.8. The Kier molecular flexibility index (Phi) is 5.94. The number of fused-ring (bicyclic) bond motifs is 5. The minimum Gasteiger partial charge on any atom is -0.344 e. The van der Waals surface area contributed by atoms with Gasteiger partial charge in [0.2, 0.25) is 0 Å². The summed E-state index contributed by atoms with van der Waals surface area (Å²) in [6.45, 7) is 0. The summed E-state index contributed by atoms with van der Waals surface area (Å²) >= 11 is 2.19. The van der Waals surface area contributed by atoms with E-state index in [2.05, 4.69) is 89.6 Å². The molecule has 1 nitrogen and oxygen atoms in total. The van der Waals surface area contributed by atoms with Crippen molar-refractivity contribution in [3.8, 4) is 0 Å². The molecule has 2 heterocycles. The molecule has 0 bridgehead atoms. The fourth-order valence-corrected chi connectivity index (χ4v) is 10.1. The van der Waals surface area contributed by atoms with Crippen LogP contribution in [0.2, 0.25) is 0 Å². The molecule has 0 aromatic carbocycles. The van der Waals surface area contributed by atoms with Gasteiger partial charge in [0.15, 0.2) is 0 Å². The van der Waals surface area contributed by atoms with E-state index in [9.17, 15) is 0 Å². The van der Waals surface area contributed by atoms with Crippen molar-refractivity contribution in [3.05, 3.63) is 117 Å². The second-order valence-electron chi connectivity index (χ2n) is 12.4. The molecule has 1 saturated heterocycles. The van der Waals surface area contributed by atoms with Crippen molar-refractivity contribution in [1.82, 2.24) is 4.90 Å². The molecule has 6 aliphatic carbocycles. The van der Waals surface area contributed by atoms with Gasteiger partial charge in [0.1, 0.15) is 0 Å². The molecule has 0 amide bonds. The number of hydrogen-bond acceptors (Lipinski definition) is 2. The third kappa shape index (κ3) is 3.89. The van der Waals surface area contributed by atoms with Gasteiger partial charge in [-0.15, -0.1) is 11.8 Å². The van der Waals surface area contributed by atoms with E-state index in [1.807, 2.05) is 0 Å². The summed E-state index contributed by atoms with van der Waals surface area (Å²) in [5.74, 6) is 2.04. The highest BCUT2D eigenvalue weighted by atomic mass is 32.2. The highest BCUT2D eigenvalue weighted by Gasteiger charge is 2.44. The molecule has 2 aliphatic heterocycles. The molecule has 38 heavy (non-hydrogen) atoms. The minimum atomic E-state index is 0.550. The molecular formula is C36H39NS. The van der Waals surface area contributed by atoms with Gasteiger partial charge in [0.05, 0.1) is 0 Å². The minimum absolute atomic E-state index is 0.550. The molecule has 0 aromatic heterocycles. The van der Waals surface area contributed by atoms with E-state index >= 15 is 0 Å². The number of rotatable bonds is 3. The number of allylic oxidation sites excluding steroid dienone is 18. The lowest BCUT2D eigenvalue weighted by atomic mass is 9.74. The van der Waals surface area contributed by atoms with Crippen LogP contribution in [0.1, 0.15) is 70.6 Å². The lowest BCUT2D eigenvalue weighted by Crippen LogP contribution is -2.35. The maximum absolute atomic E-state index is 2.82. The van der Waals surface area contributed by atoms with Gasteiger partial charge < -0.3 is 4.90 Å². The first kappa shape index (κ1) is 23.4. The Morgan fingerprint density at radius 1 is 0.737 bits per heavy atom. The van der Waals surface area contributed by atoms with Gasteiger partial charge in [0, 0.05) is 34.5 Å². The summed E-state index contributed by atoms with van der Waals surface area (Å²) in [6.07, 6.45) is 43.0. The average molecular weight is 518 g/mol. The highest BCUT2D eigenvalue weighted by molar-refractivity contribution is 8.04. The first-order valence-corrected chi connectivity index (χ1v) is 16.1. The van der Waals surface area contributed by atoms with Crippen LogP contribution in [0.3, 0.4) is 0 Å². The molecule has 0 aromatic rings. The zero-order valence-corrected chi connectivity index (χ0v) is 23.3. The van der Waals surface area contributed by atoms with Crippen molar-refractivity contribution < 1.29 is 0 Å². The van der Waals surface area contributed by atoms with E-state index in [0.29, 0.717) is 12.0 Å². The summed E-state index contributed by atoms with van der Waals surface area (Å²) in [5.41, 5.74) is 11.2. The molecule has 5 unspecified atom stereocenters. The largest absolute Gasteiger partial charge is 0.344 e. The first-order valence-electron chi connectivity index (χ1n) is 15.2. The molecule has 1 fully saturated rings. The molecular weight excluding hydrogens is 478 g/mol. The molecule has 0 spiro atoms. The predicted molar refractivity (Wildman–Crippen MR) is 161 cm³/mol. The van der Waals surface area contributed by atoms with Gasteiger partial charge in [-0.05, 0) is 115 Å². The van der Waals surface area contributed by atoms with Crippen LogP contribution in [-0.4, -0.2) is 16.2 Å². The summed E-state index contributed by atoms with van der Waals surface area (Å²) in [7, 11) is 0. The quantitative estimate of drug-likeness (QED) is 0.343. The number of thioether (sulfide) groups is 1. The van der Waals surface area contributed by atoms with Gasteiger partial charge in [-0.1, -0.05) is 66.8 Å². The van der Waals surface area contributed by atoms with E-state index in [1.165, 1.54) is 70.6 Å². The Hall–Kier alpha value is -2.45. The van der Waals surface area contributed by atoms with Gasteiger partial charge in [0.25, 0.3) is 0 Å². The Balaban J connectivity index is 1.07. The Bertz CT molecular complexity index is 1350. The van der Waals surface area contributed by atoms with Gasteiger partial charge >= 0.3 is 0 Å². The molecule has 194 valence electrons. The smallest absolute Gasteiger partial charge is 0.0443 e. The lowest BCUT2D eigenvalue weighted by molar-refractivity contribution is 0.272. The maximum Gasteiger partial charge on any atom is 0.0443 e. The number of hydrogen-bond donors (Lipinski definition) is 0. The normalized spacial score (nSPS) is 35.4. The SMILES string of the molecule is C1=CCCC(C2=CC=C(N3C4=C(C=CCC4)C4C=C(C5=CC=C6SC7CCC=CC7C6C5)CCC43)CC2)=C1. The van der Waals surface area contributed by atoms with Crippen LogP contribution in [-0.2, 0) is 0 Å². The molecule has 2 heteroatoms. The van der Waals surface area contributed by atoms with Crippen LogP contribution in [0.4, 0.5) is 0 Å². The fraction of sp³-hybridized carbons (Fsp3) is 0.444. The summed E-state index contributed by atoms with van der Waals surface area (Å²) < 4.78 is 0. The molecule has 8 rings (SSSR count). The highest BCUT2D eigenvalue weighted by Crippen LogP contribution is 2.55. The molecule has 0 saturated carbocycles. The predicted octanol–water partition coefficient (Wildman–Crippen LogP) is 9.40. The van der Waals surface area contributed by atoms with Crippen LogP contribution in [0.15, 0.2) is 117 Å². The van der Waals surface area contributed by atoms with Gasteiger partial charge in [-0.25, -0.2) is 0 Å². The van der Waals surface area contributed by atoms with E-state index < -0.39 is 0 Å². The van der Waals surface area contributed by atoms with E-state index in [0.717, 1.165) is 17.1 Å². The van der Waals surface area contributed by atoms with Crippen LogP contribution >= 0.6 is 11.8 Å². The second-order valence-corrected chi connectivity index (χ2v) is 13.7. The molecule has 8 aliphatic rings. The molecule has 0 N–H and O–H groups in total. The van der Waals surface area contributed by atoms with Gasteiger partial charge in [-0.3, -0.25) is 0 Å². The monoisotopic (exact) mass is 517 g/mol. The van der Waals surface area contributed by atoms with Gasteiger partial charge in [-0.2, -0.15) is 0 Å². The zero-order chi connectivity index (χ0) is 25.1. The topological polar surface area (TPSA) is 3.24 Å². The van der Waals surface area contributed by atoms with Crippen LogP contribution < -0.4 is 0 Å². The third-order valence-corrected chi connectivity index (χ3v) is 11.9. The Morgan fingerprint density at radius 3 is 2.55 bits per heavy atom. The van der Waals surface area contributed by atoms with Crippen LogP contribution in [0.5, 0.6) is 0 Å². The van der Waals surface area contributed by atoms with Crippen LogP contribution in [0.25, 0.3) is 0 Å². The Labute approximate surface area is 232 Å². The summed E-state index contributed by atoms with van der Waals surface area (Å²) in [5, 5.41) is 0.821. The molecule has 5 atom stereocenters. The van der Waals surface area contributed by atoms with E-state index in [4.69, 9.17) is 0 Å². The van der Waals surface area contributed by atoms with Crippen molar-refractivity contribution >= 4 is 11.8 Å². The summed E-state index contributed by atoms with van der Waals surface area (Å²) in [6, 6.07) is 0.604. The van der Waals surface area contributed by atoms with E-state index in [1.54, 1.807) is 44.2 Å². The zero-order valence-electron chi connectivity index (χ0n) is 22.4. The van der Waals surface area contributed by atoms with Crippen LogP contribution in [0, 0.1) is 17.8 Å². The van der Waals surface area contributed by atoms with Crippen molar-refractivity contribution in [2.24, 2.45) is 17.8 Å². The Morgan fingerprint density at radius 2 is 1.66 bits per heavy atom. The maximum atomic E-state index is 2.82. The standard InChI is InChI=1S/C36H39NS/c1-2-8-24(9-3-1)25-14-18-28(19-15-25)37-33-12-6-4-10-29(33)31-22-26(16-20-34(31)37)27-17-21-36-32(23-27)30-11-5-7-13-35(30)38-36/h1-2,4-5,8,10-11,14,17-18,21-22,30-32,34-35H,3,6-7,9,12-13,15-16,19-20,23H2. The lowest BCUT2D eigenvalue weighted by Gasteiger charge is -2.38. The number of nitrogens with zero attached hydrogens (tertiary/aromatic N) is 1. The second kappa shape index (κ2) is 9.63. The molecule has 0 radical (unpaired) electrons. The van der Waals surface area contributed by atoms with Crippen molar-refractivity contribution in [2.45, 2.75) is 81.9 Å². The average Bonchev–Trinajstić information content (AvgIpc) is 3.53. The third-order valence-electron chi connectivity index (χ3n) is 10.4. The van der Waals surface area contributed by atoms with Crippen molar-refractivity contribution in [3.63, 3.8) is 0 Å². The van der Waals surface area contributed by atoms with Crippen molar-refractivity contribution in [1.29, 1.82) is 0 Å². The fourth-order valence-electron chi connectivity index (χ4n) is 8.47. The van der Waals surface area contributed by atoms with E-state index in [-0.39, 0.29) is 0 Å².